The molecule has 0 bridgehead atoms. The molecule has 0 N–H and O–H groups in total. The van der Waals surface area contributed by atoms with Gasteiger partial charge in [-0.15, -0.1) is 48.8 Å². The molecule has 2 atom stereocenters. The van der Waals surface area contributed by atoms with Crippen LogP contribution in [0.15, 0.2) is 92.6 Å². The van der Waals surface area contributed by atoms with Crippen molar-refractivity contribution in [2.24, 2.45) is 0 Å². The molecule has 0 saturated heterocycles. The summed E-state index contributed by atoms with van der Waals surface area (Å²) >= 11 is 25.8. The van der Waals surface area contributed by atoms with E-state index < -0.39 is 0 Å². The number of nitrogens with zero attached hydrogens (tertiary/aromatic N) is 2. The predicted molar refractivity (Wildman–Crippen MR) is 214 cm³/mol. The van der Waals surface area contributed by atoms with Crippen LogP contribution in [0.2, 0.25) is 0 Å². The summed E-state index contributed by atoms with van der Waals surface area (Å²) in [6.45, 7) is 4.56. The molecule has 0 amide bonds. The van der Waals surface area contributed by atoms with Gasteiger partial charge in [0.05, 0.1) is 21.1 Å². The maximum atomic E-state index is 13.2. The molecular weight excluding hydrogens is 705 g/mol. The van der Waals surface area contributed by atoms with Gasteiger partial charge in [0.15, 0.2) is 0 Å². The van der Waals surface area contributed by atoms with Gasteiger partial charge in [-0.05, 0) is 86.8 Å². The molecule has 48 heavy (non-hydrogen) atoms. The molecule has 4 aromatic rings. The van der Waals surface area contributed by atoms with Gasteiger partial charge in [0.2, 0.25) is 0 Å². The van der Waals surface area contributed by atoms with Crippen LogP contribution in [-0.2, 0) is 28.7 Å². The first-order valence-corrected chi connectivity index (χ1v) is 20.7. The van der Waals surface area contributed by atoms with Crippen molar-refractivity contribution in [2.45, 2.75) is 109 Å². The number of rotatable bonds is 14. The van der Waals surface area contributed by atoms with E-state index >= 15 is 0 Å². The Balaban J connectivity index is 1.08. The van der Waals surface area contributed by atoms with Gasteiger partial charge in [0.25, 0.3) is 0 Å². The van der Waals surface area contributed by atoms with Crippen molar-refractivity contribution in [2.75, 3.05) is 11.5 Å². The van der Waals surface area contributed by atoms with Crippen LogP contribution >= 0.6 is 73.2 Å². The van der Waals surface area contributed by atoms with Gasteiger partial charge in [-0.3, -0.25) is 4.79 Å². The number of fused-ring (bicyclic) bond motifs is 2. The number of pyridine rings is 2. The van der Waals surface area contributed by atoms with Crippen LogP contribution in [0, 0.1) is 9.28 Å². The Hall–Kier alpha value is -1.75. The molecule has 0 fully saturated rings. The third-order valence-electron chi connectivity index (χ3n) is 10.2. The van der Waals surface area contributed by atoms with E-state index in [1.54, 1.807) is 0 Å². The van der Waals surface area contributed by atoms with Crippen LogP contribution in [0.3, 0.4) is 0 Å². The second-order valence-electron chi connectivity index (χ2n) is 13.4. The van der Waals surface area contributed by atoms with Crippen LogP contribution in [0.25, 0.3) is 0 Å². The number of carbonyl (C=O) groups excluding carboxylic acids is 1. The lowest BCUT2D eigenvalue weighted by Gasteiger charge is -2.36. The van der Waals surface area contributed by atoms with E-state index in [0.717, 1.165) is 82.2 Å². The molecule has 2 unspecified atom stereocenters. The third kappa shape index (κ3) is 7.33. The van der Waals surface area contributed by atoms with Crippen LogP contribution in [0.4, 0.5) is 0 Å². The molecule has 3 nitrogen and oxygen atoms in total. The van der Waals surface area contributed by atoms with Crippen molar-refractivity contribution >= 4 is 79.0 Å². The maximum Gasteiger partial charge on any atom is 0.132 e. The summed E-state index contributed by atoms with van der Waals surface area (Å²) in [5.74, 6) is 2.50. The number of hydrogen-bond acceptors (Lipinski definition) is 7. The standard InChI is InChI=1S/C39H44N2OS6/c1-38(27-13-5-3-6-14-27,40-34(43)25-32-30(36(40)45)19-23-47-32)21-11-9-17-29(42)18-10-12-22-39(2,28-15-7-4-8-16-28)41-35(44)26-33-31(37(41)46)20-24-48-33/h3-8,13-16,25-26,45-46H,9-12,17-24H2,1-2H3. The zero-order chi connectivity index (χ0) is 33.9. The third-order valence-corrected chi connectivity index (χ3v) is 14.0. The summed E-state index contributed by atoms with van der Waals surface area (Å²) in [5.41, 5.74) is 4.38. The highest BCUT2D eigenvalue weighted by atomic mass is 32.2. The number of carbonyl (C=O) groups is 1. The van der Waals surface area contributed by atoms with Gasteiger partial charge < -0.3 is 9.13 Å². The molecule has 0 aliphatic carbocycles. The first-order chi connectivity index (χ1) is 23.1. The summed E-state index contributed by atoms with van der Waals surface area (Å²) in [7, 11) is 0. The van der Waals surface area contributed by atoms with E-state index in [1.807, 2.05) is 23.5 Å². The molecule has 9 heteroatoms. The monoisotopic (exact) mass is 748 g/mol. The molecule has 2 aromatic carbocycles. The minimum Gasteiger partial charge on any atom is -0.317 e. The lowest BCUT2D eigenvalue weighted by Crippen LogP contribution is -2.33. The highest BCUT2D eigenvalue weighted by Crippen LogP contribution is 2.43. The predicted octanol–water partition coefficient (Wildman–Crippen LogP) is 11.5. The number of unbranched alkanes of at least 4 members (excludes halogenated alkanes) is 2. The Morgan fingerprint density at radius 1 is 0.688 bits per heavy atom. The molecule has 0 saturated carbocycles. The van der Waals surface area contributed by atoms with E-state index in [2.05, 4.69) is 95.8 Å². The summed E-state index contributed by atoms with van der Waals surface area (Å²) in [6.07, 6.45) is 8.63. The van der Waals surface area contributed by atoms with Crippen LogP contribution in [-0.4, -0.2) is 26.4 Å². The molecule has 0 radical (unpaired) electrons. The lowest BCUT2D eigenvalue weighted by molar-refractivity contribution is -0.119. The highest BCUT2D eigenvalue weighted by Gasteiger charge is 2.34. The molecule has 2 aliphatic heterocycles. The molecule has 2 aromatic heterocycles. The summed E-state index contributed by atoms with van der Waals surface area (Å²) < 4.78 is 6.17. The van der Waals surface area contributed by atoms with Crippen molar-refractivity contribution in [3.8, 4) is 0 Å². The fourth-order valence-electron chi connectivity index (χ4n) is 7.51. The zero-order valence-corrected chi connectivity index (χ0v) is 32.8. The number of ketones is 1. The summed E-state index contributed by atoms with van der Waals surface area (Å²) in [5, 5.41) is 1.97. The van der Waals surface area contributed by atoms with E-state index in [4.69, 9.17) is 49.7 Å². The van der Waals surface area contributed by atoms with Crippen LogP contribution < -0.4 is 0 Å². The number of hydrogen-bond donors (Lipinski definition) is 2. The van der Waals surface area contributed by atoms with Crippen molar-refractivity contribution in [1.82, 2.24) is 9.13 Å². The van der Waals surface area contributed by atoms with Crippen LogP contribution in [0.5, 0.6) is 0 Å². The van der Waals surface area contributed by atoms with Crippen LogP contribution in [0.1, 0.15) is 87.5 Å². The minimum absolute atomic E-state index is 0.341. The lowest BCUT2D eigenvalue weighted by atomic mass is 9.85. The normalized spacial score (nSPS) is 16.2. The zero-order valence-electron chi connectivity index (χ0n) is 27.7. The Bertz CT molecular complexity index is 1770. The van der Waals surface area contributed by atoms with Crippen molar-refractivity contribution < 1.29 is 4.79 Å². The maximum absolute atomic E-state index is 13.2. The Morgan fingerprint density at radius 2 is 1.08 bits per heavy atom. The number of aromatic nitrogens is 2. The molecule has 2 aliphatic rings. The minimum atomic E-state index is -0.341. The quantitative estimate of drug-likeness (QED) is 0.0761. The Kier molecular flexibility index (Phi) is 11.8. The van der Waals surface area contributed by atoms with Crippen molar-refractivity contribution in [1.29, 1.82) is 0 Å². The van der Waals surface area contributed by atoms with Gasteiger partial charge >= 0.3 is 0 Å². The molecule has 4 heterocycles. The molecule has 0 spiro atoms. The highest BCUT2D eigenvalue weighted by molar-refractivity contribution is 8.00. The summed E-state index contributed by atoms with van der Waals surface area (Å²) in [4.78, 5) is 15.7. The summed E-state index contributed by atoms with van der Waals surface area (Å²) in [6, 6.07) is 25.6. The van der Waals surface area contributed by atoms with Gasteiger partial charge in [-0.2, -0.15) is 0 Å². The SMILES string of the molecule is CC(CCCCC(=O)CCCCC(C)(c1ccccc1)n1c(S)c2c(cc1=S)SCC2)(c1ccccc1)n1c(S)c2c(cc1=S)SCC2. The van der Waals surface area contributed by atoms with Gasteiger partial charge in [0.1, 0.15) is 15.1 Å². The van der Waals surface area contributed by atoms with E-state index in [9.17, 15) is 4.79 Å². The van der Waals surface area contributed by atoms with E-state index in [1.165, 1.54) is 32.0 Å². The smallest absolute Gasteiger partial charge is 0.132 e. The van der Waals surface area contributed by atoms with Gasteiger partial charge in [-0.25, -0.2) is 0 Å². The van der Waals surface area contributed by atoms with E-state index in [-0.39, 0.29) is 11.1 Å². The molecule has 252 valence electrons. The van der Waals surface area contributed by atoms with Gasteiger partial charge in [-0.1, -0.05) is 97.9 Å². The number of thioether (sulfide) groups is 2. The number of Topliss-reactive ketones (excluding diaryl/α,β-unsaturated/α-hetero) is 1. The number of benzene rings is 2. The molecular formula is C39H44N2OS6. The topological polar surface area (TPSA) is 26.9 Å². The second kappa shape index (κ2) is 15.6. The average molecular weight is 749 g/mol. The fraction of sp³-hybridized carbons (Fsp3) is 0.410. The first kappa shape index (κ1) is 36.1. The Labute approximate surface area is 315 Å². The Morgan fingerprint density at radius 3 is 1.48 bits per heavy atom. The van der Waals surface area contributed by atoms with E-state index in [0.29, 0.717) is 18.6 Å². The second-order valence-corrected chi connectivity index (χ2v) is 17.4. The van der Waals surface area contributed by atoms with Gasteiger partial charge in [0, 0.05) is 34.1 Å². The number of thiol groups is 2. The largest absolute Gasteiger partial charge is 0.317 e. The van der Waals surface area contributed by atoms with Crippen molar-refractivity contribution in [3.05, 3.63) is 104 Å². The fourth-order valence-corrected chi connectivity index (χ4v) is 12.1. The van der Waals surface area contributed by atoms with Crippen molar-refractivity contribution in [3.63, 3.8) is 0 Å². The first-order valence-electron chi connectivity index (χ1n) is 17.0. The molecule has 6 rings (SSSR count). The average Bonchev–Trinajstić information content (AvgIpc) is 3.76.